The van der Waals surface area contributed by atoms with Gasteiger partial charge in [-0.2, -0.15) is 5.26 Å². The van der Waals surface area contributed by atoms with Crippen molar-refractivity contribution in [1.29, 1.82) is 5.26 Å². The SMILES string of the molecule is CC.CC/C=C\C(=NC)/C(C#N)=C\OCC. The molecule has 0 aromatic heterocycles. The van der Waals surface area contributed by atoms with Crippen molar-refractivity contribution in [3.8, 4) is 6.07 Å². The van der Waals surface area contributed by atoms with E-state index in [4.69, 9.17) is 10.00 Å². The van der Waals surface area contributed by atoms with Gasteiger partial charge in [0.1, 0.15) is 17.9 Å². The minimum absolute atomic E-state index is 0.457. The lowest BCUT2D eigenvalue weighted by atomic mass is 10.2. The quantitative estimate of drug-likeness (QED) is 0.406. The molecule has 0 rings (SSSR count). The zero-order valence-electron chi connectivity index (χ0n) is 10.9. The Bertz CT molecular complexity index is 283. The number of ether oxygens (including phenoxy) is 1. The average molecular weight is 222 g/mol. The van der Waals surface area contributed by atoms with E-state index in [2.05, 4.69) is 11.1 Å². The molecule has 0 aliphatic rings. The summed E-state index contributed by atoms with van der Waals surface area (Å²) in [6, 6.07) is 2.05. The van der Waals surface area contributed by atoms with Crippen LogP contribution in [-0.4, -0.2) is 19.4 Å². The van der Waals surface area contributed by atoms with Crippen molar-refractivity contribution in [3.63, 3.8) is 0 Å². The van der Waals surface area contributed by atoms with Crippen LogP contribution in [-0.2, 0) is 4.74 Å². The average Bonchev–Trinajstić information content (AvgIpc) is 2.36. The summed E-state index contributed by atoms with van der Waals surface area (Å²) >= 11 is 0. The highest BCUT2D eigenvalue weighted by molar-refractivity contribution is 6.10. The molecule has 0 atom stereocenters. The van der Waals surface area contributed by atoms with Crippen LogP contribution in [0.2, 0.25) is 0 Å². The van der Waals surface area contributed by atoms with Crippen molar-refractivity contribution in [1.82, 2.24) is 0 Å². The van der Waals surface area contributed by atoms with Gasteiger partial charge in [0.05, 0.1) is 12.3 Å². The standard InChI is InChI=1S/C11H16N2O.C2H6/c1-4-6-7-11(13-3)10(8-12)9-14-5-2;1-2/h6-7,9H,4-5H2,1-3H3;1-2H3/b7-6-,10-9-,13-11?;. The molecule has 0 aromatic rings. The number of aliphatic imine (C=N–C) groups is 1. The van der Waals surface area contributed by atoms with Crippen LogP contribution < -0.4 is 0 Å². The number of hydrogen-bond donors (Lipinski definition) is 0. The predicted molar refractivity (Wildman–Crippen MR) is 69.5 cm³/mol. The number of hydrogen-bond acceptors (Lipinski definition) is 3. The summed E-state index contributed by atoms with van der Waals surface area (Å²) in [7, 11) is 1.66. The lowest BCUT2D eigenvalue weighted by molar-refractivity contribution is 0.268. The van der Waals surface area contributed by atoms with Crippen LogP contribution in [0, 0.1) is 11.3 Å². The highest BCUT2D eigenvalue weighted by Crippen LogP contribution is 2.00. The summed E-state index contributed by atoms with van der Waals surface area (Å²) in [5, 5.41) is 8.84. The Labute approximate surface area is 99.1 Å². The molecule has 0 bridgehead atoms. The Kier molecular flexibility index (Phi) is 14.2. The van der Waals surface area contributed by atoms with Gasteiger partial charge < -0.3 is 4.74 Å². The second kappa shape index (κ2) is 13.4. The molecular weight excluding hydrogens is 200 g/mol. The normalized spacial score (nSPS) is 11.8. The molecular formula is C13H22N2O. The van der Waals surface area contributed by atoms with Gasteiger partial charge in [0.2, 0.25) is 0 Å². The Morgan fingerprint density at radius 3 is 2.38 bits per heavy atom. The van der Waals surface area contributed by atoms with E-state index in [1.54, 1.807) is 7.05 Å². The number of rotatable bonds is 5. The zero-order chi connectivity index (χ0) is 12.8. The summed E-state index contributed by atoms with van der Waals surface area (Å²) in [6.45, 7) is 8.46. The van der Waals surface area contributed by atoms with Crippen LogP contribution >= 0.6 is 0 Å². The van der Waals surface area contributed by atoms with Gasteiger partial charge in [0.15, 0.2) is 0 Å². The van der Waals surface area contributed by atoms with Crippen molar-refractivity contribution in [2.24, 2.45) is 4.99 Å². The summed E-state index contributed by atoms with van der Waals surface area (Å²) in [4.78, 5) is 4.01. The molecule has 3 heteroatoms. The molecule has 0 spiro atoms. The van der Waals surface area contributed by atoms with E-state index in [0.29, 0.717) is 17.9 Å². The van der Waals surface area contributed by atoms with Gasteiger partial charge in [-0.15, -0.1) is 0 Å². The number of nitriles is 1. The van der Waals surface area contributed by atoms with Gasteiger partial charge in [0.25, 0.3) is 0 Å². The molecule has 0 saturated carbocycles. The van der Waals surface area contributed by atoms with Gasteiger partial charge in [-0.05, 0) is 19.4 Å². The minimum atomic E-state index is 0.457. The first-order valence-corrected chi connectivity index (χ1v) is 5.65. The molecule has 16 heavy (non-hydrogen) atoms. The van der Waals surface area contributed by atoms with E-state index in [9.17, 15) is 0 Å². The highest BCUT2D eigenvalue weighted by atomic mass is 16.5. The Morgan fingerprint density at radius 1 is 1.38 bits per heavy atom. The predicted octanol–water partition coefficient (Wildman–Crippen LogP) is 3.49. The molecule has 3 nitrogen and oxygen atoms in total. The Hall–Kier alpha value is -1.56. The van der Waals surface area contributed by atoms with E-state index < -0.39 is 0 Å². The largest absolute Gasteiger partial charge is 0.500 e. The van der Waals surface area contributed by atoms with Crippen LogP contribution in [0.5, 0.6) is 0 Å². The second-order valence-corrected chi connectivity index (χ2v) is 2.52. The molecule has 0 heterocycles. The monoisotopic (exact) mass is 222 g/mol. The maximum Gasteiger partial charge on any atom is 0.112 e. The fraction of sp³-hybridized carbons (Fsp3) is 0.538. The molecule has 0 radical (unpaired) electrons. The molecule has 0 aliphatic heterocycles. The van der Waals surface area contributed by atoms with Crippen LogP contribution in [0.3, 0.4) is 0 Å². The third-order valence-electron chi connectivity index (χ3n) is 1.52. The first-order valence-electron chi connectivity index (χ1n) is 5.65. The lowest BCUT2D eigenvalue weighted by Gasteiger charge is -1.98. The van der Waals surface area contributed by atoms with Crippen molar-refractivity contribution in [3.05, 3.63) is 24.0 Å². The molecule has 90 valence electrons. The molecule has 0 amide bonds. The zero-order valence-corrected chi connectivity index (χ0v) is 10.9. The van der Waals surface area contributed by atoms with Gasteiger partial charge >= 0.3 is 0 Å². The third-order valence-corrected chi connectivity index (χ3v) is 1.52. The van der Waals surface area contributed by atoms with Crippen molar-refractivity contribution < 1.29 is 4.74 Å². The van der Waals surface area contributed by atoms with Crippen LogP contribution in [0.1, 0.15) is 34.1 Å². The highest BCUT2D eigenvalue weighted by Gasteiger charge is 2.01. The van der Waals surface area contributed by atoms with Crippen molar-refractivity contribution in [2.75, 3.05) is 13.7 Å². The van der Waals surface area contributed by atoms with E-state index in [0.717, 1.165) is 6.42 Å². The number of allylic oxidation sites excluding steroid dienone is 3. The summed E-state index contributed by atoms with van der Waals surface area (Å²) in [5.74, 6) is 0. The minimum Gasteiger partial charge on any atom is -0.500 e. The van der Waals surface area contributed by atoms with Gasteiger partial charge in [-0.25, -0.2) is 0 Å². The third kappa shape index (κ3) is 7.81. The van der Waals surface area contributed by atoms with E-state index in [1.165, 1.54) is 6.26 Å². The summed E-state index contributed by atoms with van der Waals surface area (Å²) in [6.07, 6.45) is 6.15. The molecule has 0 aliphatic carbocycles. The Balaban J connectivity index is 0. The Morgan fingerprint density at radius 2 is 2.00 bits per heavy atom. The van der Waals surface area contributed by atoms with E-state index >= 15 is 0 Å². The first kappa shape index (κ1) is 16.9. The van der Waals surface area contributed by atoms with E-state index in [-0.39, 0.29) is 0 Å². The fourth-order valence-corrected chi connectivity index (χ4v) is 0.825. The fourth-order valence-electron chi connectivity index (χ4n) is 0.825. The maximum absolute atomic E-state index is 8.84. The van der Waals surface area contributed by atoms with Gasteiger partial charge in [0, 0.05) is 7.05 Å². The molecule has 0 fully saturated rings. The van der Waals surface area contributed by atoms with Crippen molar-refractivity contribution in [2.45, 2.75) is 34.1 Å². The van der Waals surface area contributed by atoms with Crippen LogP contribution in [0.4, 0.5) is 0 Å². The van der Waals surface area contributed by atoms with E-state index in [1.807, 2.05) is 39.8 Å². The summed E-state index contributed by atoms with van der Waals surface area (Å²) < 4.78 is 5.05. The number of nitrogens with zero attached hydrogens (tertiary/aromatic N) is 2. The molecule has 0 N–H and O–H groups in total. The summed E-state index contributed by atoms with van der Waals surface area (Å²) in [5.41, 5.74) is 1.11. The van der Waals surface area contributed by atoms with Crippen molar-refractivity contribution >= 4 is 5.71 Å². The van der Waals surface area contributed by atoms with Gasteiger partial charge in [-0.1, -0.05) is 26.8 Å². The topological polar surface area (TPSA) is 45.4 Å². The lowest BCUT2D eigenvalue weighted by Crippen LogP contribution is -1.98. The smallest absolute Gasteiger partial charge is 0.112 e. The molecule has 0 unspecified atom stereocenters. The van der Waals surface area contributed by atoms with Crippen LogP contribution in [0.25, 0.3) is 0 Å². The molecule has 0 aromatic carbocycles. The first-order chi connectivity index (χ1) is 7.79. The maximum atomic E-state index is 8.84. The molecule has 0 saturated heterocycles. The van der Waals surface area contributed by atoms with Gasteiger partial charge in [-0.3, -0.25) is 4.99 Å². The van der Waals surface area contributed by atoms with Crippen LogP contribution in [0.15, 0.2) is 29.0 Å². The second-order valence-electron chi connectivity index (χ2n) is 2.52.